The van der Waals surface area contributed by atoms with Crippen molar-refractivity contribution >= 4 is 21.4 Å². The molecule has 0 aliphatic carbocycles. The second-order valence-electron chi connectivity index (χ2n) is 5.11. The number of aryl methyl sites for hydroxylation is 1. The quantitative estimate of drug-likeness (QED) is 0.848. The molecule has 0 spiro atoms. The molecule has 0 aromatic carbocycles. The van der Waals surface area contributed by atoms with Gasteiger partial charge in [0.05, 0.1) is 12.1 Å². The molecule has 2 aromatic rings. The van der Waals surface area contributed by atoms with E-state index in [1.807, 2.05) is 0 Å². The predicted molar refractivity (Wildman–Crippen MR) is 76.8 cm³/mol. The van der Waals surface area contributed by atoms with Gasteiger partial charge in [0.15, 0.2) is 0 Å². The maximum atomic E-state index is 4.66. The van der Waals surface area contributed by atoms with Gasteiger partial charge in [-0.15, -0.1) is 0 Å². The minimum Gasteiger partial charge on any atom is -0.301 e. The molecule has 1 saturated heterocycles. The van der Waals surface area contributed by atoms with Crippen LogP contribution in [0.5, 0.6) is 0 Å². The topological polar surface area (TPSA) is 20.5 Å². The summed E-state index contributed by atoms with van der Waals surface area (Å²) in [5.74, 6) is 1.14. The Kier molecular flexibility index (Phi) is 3.39. The summed E-state index contributed by atoms with van der Waals surface area (Å²) in [5.41, 5.74) is 2.44. The van der Waals surface area contributed by atoms with Gasteiger partial charge in [-0.2, -0.15) is 0 Å². The summed E-state index contributed by atoms with van der Waals surface area (Å²) in [7, 11) is 0. The smallest absolute Gasteiger partial charge is 0.132 e. The van der Waals surface area contributed by atoms with E-state index in [0.717, 1.165) is 17.0 Å². The van der Waals surface area contributed by atoms with Crippen LogP contribution < -0.4 is 0 Å². The first kappa shape index (κ1) is 12.2. The van der Waals surface area contributed by atoms with Crippen LogP contribution in [-0.4, -0.2) is 27.4 Å². The monoisotopic (exact) mass is 307 g/mol. The predicted octanol–water partition coefficient (Wildman–Crippen LogP) is 3.39. The van der Waals surface area contributed by atoms with Gasteiger partial charge in [0.2, 0.25) is 0 Å². The first-order valence-electron chi connectivity index (χ1n) is 6.59. The lowest BCUT2D eigenvalue weighted by Gasteiger charge is -2.25. The first-order valence-corrected chi connectivity index (χ1v) is 7.39. The maximum absolute atomic E-state index is 4.66. The lowest BCUT2D eigenvalue weighted by molar-refractivity contribution is 0.215. The zero-order valence-corrected chi connectivity index (χ0v) is 12.3. The Morgan fingerprint density at radius 2 is 2.06 bits per heavy atom. The number of likely N-dealkylation sites (tertiary alicyclic amines) is 1. The number of hydrogen-bond acceptors (Lipinski definition) is 2. The first-order chi connectivity index (χ1) is 8.74. The number of nitrogens with zero attached hydrogens (tertiary/aromatic N) is 3. The molecule has 0 N–H and O–H groups in total. The van der Waals surface area contributed by atoms with Crippen molar-refractivity contribution in [1.82, 2.24) is 14.3 Å². The van der Waals surface area contributed by atoms with Gasteiger partial charge >= 0.3 is 0 Å². The second kappa shape index (κ2) is 5.02. The zero-order valence-electron chi connectivity index (χ0n) is 10.7. The second-order valence-corrected chi connectivity index (χ2v) is 5.87. The normalized spacial score (nSPS) is 17.4. The SMILES string of the molecule is Cc1ccn2c(CN3CCCCC3)nc(Br)c2c1. The number of fused-ring (bicyclic) bond motifs is 1. The molecule has 4 heteroatoms. The van der Waals surface area contributed by atoms with E-state index in [-0.39, 0.29) is 0 Å². The number of imidazole rings is 1. The number of piperidine rings is 1. The summed E-state index contributed by atoms with van der Waals surface area (Å²) >= 11 is 3.57. The molecule has 0 saturated carbocycles. The van der Waals surface area contributed by atoms with Gasteiger partial charge in [-0.25, -0.2) is 4.98 Å². The zero-order chi connectivity index (χ0) is 12.5. The molecule has 3 rings (SSSR count). The van der Waals surface area contributed by atoms with Crippen molar-refractivity contribution in [3.63, 3.8) is 0 Å². The molecular formula is C14H18BrN3. The Morgan fingerprint density at radius 3 is 2.83 bits per heavy atom. The molecule has 1 aliphatic heterocycles. The Bertz CT molecular complexity index is 555. The van der Waals surface area contributed by atoms with Crippen LogP contribution in [0.2, 0.25) is 0 Å². The third-order valence-corrected chi connectivity index (χ3v) is 4.22. The van der Waals surface area contributed by atoms with Crippen molar-refractivity contribution in [2.24, 2.45) is 0 Å². The molecule has 0 unspecified atom stereocenters. The van der Waals surface area contributed by atoms with E-state index in [1.165, 1.54) is 43.4 Å². The molecule has 0 radical (unpaired) electrons. The van der Waals surface area contributed by atoms with Gasteiger partial charge in [0.1, 0.15) is 10.4 Å². The fourth-order valence-electron chi connectivity index (χ4n) is 2.64. The van der Waals surface area contributed by atoms with Crippen LogP contribution in [-0.2, 0) is 6.54 Å². The summed E-state index contributed by atoms with van der Waals surface area (Å²) in [6, 6.07) is 4.32. The van der Waals surface area contributed by atoms with E-state index in [2.05, 4.69) is 55.5 Å². The number of rotatable bonds is 2. The molecule has 1 aliphatic rings. The van der Waals surface area contributed by atoms with Crippen molar-refractivity contribution in [3.05, 3.63) is 34.3 Å². The van der Waals surface area contributed by atoms with Gasteiger partial charge < -0.3 is 4.40 Å². The van der Waals surface area contributed by atoms with Crippen molar-refractivity contribution < 1.29 is 0 Å². The molecule has 3 nitrogen and oxygen atoms in total. The van der Waals surface area contributed by atoms with E-state index in [0.29, 0.717) is 0 Å². The molecule has 2 aromatic heterocycles. The van der Waals surface area contributed by atoms with E-state index in [9.17, 15) is 0 Å². The van der Waals surface area contributed by atoms with Gasteiger partial charge in [0, 0.05) is 6.20 Å². The number of pyridine rings is 1. The van der Waals surface area contributed by atoms with Crippen LogP contribution in [0, 0.1) is 6.92 Å². The molecule has 0 bridgehead atoms. The van der Waals surface area contributed by atoms with Crippen LogP contribution >= 0.6 is 15.9 Å². The van der Waals surface area contributed by atoms with Gasteiger partial charge in [0.25, 0.3) is 0 Å². The van der Waals surface area contributed by atoms with Gasteiger partial charge in [-0.3, -0.25) is 4.90 Å². The Morgan fingerprint density at radius 1 is 1.28 bits per heavy atom. The van der Waals surface area contributed by atoms with Crippen LogP contribution in [0.3, 0.4) is 0 Å². The molecular weight excluding hydrogens is 290 g/mol. The molecule has 0 atom stereocenters. The number of hydrogen-bond donors (Lipinski definition) is 0. The summed E-state index contributed by atoms with van der Waals surface area (Å²) in [6.45, 7) is 5.48. The lowest BCUT2D eigenvalue weighted by atomic mass is 10.1. The van der Waals surface area contributed by atoms with E-state index < -0.39 is 0 Å². The van der Waals surface area contributed by atoms with Crippen LogP contribution in [0.4, 0.5) is 0 Å². The summed E-state index contributed by atoms with van der Waals surface area (Å²) < 4.78 is 3.16. The fraction of sp³-hybridized carbons (Fsp3) is 0.500. The van der Waals surface area contributed by atoms with Crippen molar-refractivity contribution in [2.45, 2.75) is 32.7 Å². The van der Waals surface area contributed by atoms with Crippen molar-refractivity contribution in [3.8, 4) is 0 Å². The lowest BCUT2D eigenvalue weighted by Crippen LogP contribution is -2.29. The Hall–Kier alpha value is -0.870. The third kappa shape index (κ3) is 2.31. The molecule has 0 amide bonds. The minimum absolute atomic E-state index is 0.954. The average molecular weight is 308 g/mol. The van der Waals surface area contributed by atoms with Crippen LogP contribution in [0.15, 0.2) is 22.9 Å². The molecule has 96 valence electrons. The van der Waals surface area contributed by atoms with Gasteiger partial charge in [-0.1, -0.05) is 6.42 Å². The Balaban J connectivity index is 1.91. The van der Waals surface area contributed by atoms with Crippen LogP contribution in [0.25, 0.3) is 5.52 Å². The van der Waals surface area contributed by atoms with Crippen LogP contribution in [0.1, 0.15) is 30.7 Å². The Labute approximate surface area is 116 Å². The average Bonchev–Trinajstić information content (AvgIpc) is 2.67. The molecule has 18 heavy (non-hydrogen) atoms. The maximum Gasteiger partial charge on any atom is 0.132 e. The van der Waals surface area contributed by atoms with Crippen molar-refractivity contribution in [1.29, 1.82) is 0 Å². The fourth-order valence-corrected chi connectivity index (χ4v) is 3.15. The van der Waals surface area contributed by atoms with Crippen molar-refractivity contribution in [2.75, 3.05) is 13.1 Å². The molecule has 3 heterocycles. The number of halogens is 1. The highest BCUT2D eigenvalue weighted by molar-refractivity contribution is 9.10. The molecule has 1 fully saturated rings. The summed E-state index contributed by atoms with van der Waals surface area (Å²) in [4.78, 5) is 7.17. The highest BCUT2D eigenvalue weighted by Gasteiger charge is 2.15. The van der Waals surface area contributed by atoms with Gasteiger partial charge in [-0.05, 0) is 66.5 Å². The summed E-state index contributed by atoms with van der Waals surface area (Å²) in [5, 5.41) is 0. The highest BCUT2D eigenvalue weighted by Crippen LogP contribution is 2.21. The summed E-state index contributed by atoms with van der Waals surface area (Å²) in [6.07, 6.45) is 6.15. The van der Waals surface area contributed by atoms with E-state index in [4.69, 9.17) is 0 Å². The third-order valence-electron chi connectivity index (χ3n) is 3.64. The van der Waals surface area contributed by atoms with E-state index in [1.54, 1.807) is 0 Å². The standard InChI is InChI=1S/C14H18BrN3/c1-11-5-8-18-12(9-11)14(15)16-13(18)10-17-6-3-2-4-7-17/h5,8-9H,2-4,6-7,10H2,1H3. The highest BCUT2D eigenvalue weighted by atomic mass is 79.9. The largest absolute Gasteiger partial charge is 0.301 e. The number of aromatic nitrogens is 2. The minimum atomic E-state index is 0.954. The van der Waals surface area contributed by atoms with E-state index >= 15 is 0 Å².